The summed E-state index contributed by atoms with van der Waals surface area (Å²) in [4.78, 5) is 0. The Morgan fingerprint density at radius 1 is 0.590 bits per heavy atom. The van der Waals surface area contributed by atoms with Crippen LogP contribution in [0.5, 0.6) is 0 Å². The van der Waals surface area contributed by atoms with Crippen molar-refractivity contribution in [1.82, 2.24) is 0 Å². The number of hydrogen-bond donors (Lipinski definition) is 16. The SMILES string of the molecule is C[C@@H](CC[C@H](O[C@H]1O[C@@H](CO[C@H]2O[C@@H](CO)[C@H](O)[C@@H](O)[C@@H]2O)[C@H](O)[C@@H](O)[C@@H]1O[C@H]1O[C@@H](CO)[C@H](O)[C@@H](O)[C@@H]1O)C(C)(C)O)[C@@H]1CC[C@@]2(C)[C@@H]3CC=C4[C@@H](CC[C@H](O[C@H]5O[C@@H](CO)[C@H](O)[C@@H](O)[C@@H]5O)C4(C)C)[C@]3(C)[C@@H](O)C[C@]12C. The van der Waals surface area contributed by atoms with Gasteiger partial charge in [-0.1, -0.05) is 53.2 Å². The molecule has 30 atom stereocenters. The highest BCUT2D eigenvalue weighted by atomic mass is 16.8. The van der Waals surface area contributed by atoms with Gasteiger partial charge < -0.3 is 120 Å². The van der Waals surface area contributed by atoms with Gasteiger partial charge in [0.2, 0.25) is 0 Å². The normalized spacial score (nSPS) is 51.4. The molecule has 4 saturated heterocycles. The third-order valence-corrected chi connectivity index (χ3v) is 20.8. The van der Waals surface area contributed by atoms with E-state index in [0.29, 0.717) is 32.1 Å². The first-order valence-corrected chi connectivity index (χ1v) is 28.0. The molecule has 0 aromatic rings. The van der Waals surface area contributed by atoms with Crippen molar-refractivity contribution in [1.29, 1.82) is 0 Å². The molecule has 3 saturated carbocycles. The van der Waals surface area contributed by atoms with E-state index in [9.17, 15) is 81.7 Å². The van der Waals surface area contributed by atoms with E-state index in [1.165, 1.54) is 13.8 Å². The Kier molecular flexibility index (Phi) is 19.1. The predicted octanol–water partition coefficient (Wildman–Crippen LogP) is -3.23. The Hall–Kier alpha value is -1.22. The van der Waals surface area contributed by atoms with Crippen molar-refractivity contribution in [3.05, 3.63) is 11.6 Å². The number of hydrogen-bond acceptors (Lipinski definition) is 24. The van der Waals surface area contributed by atoms with Gasteiger partial charge >= 0.3 is 0 Å². The lowest BCUT2D eigenvalue weighted by atomic mass is 9.38. The topological polar surface area (TPSA) is 398 Å². The maximum atomic E-state index is 12.7. The zero-order valence-electron chi connectivity index (χ0n) is 46.1. The fraction of sp³-hybridized carbons (Fsp3) is 0.963. The van der Waals surface area contributed by atoms with Crippen LogP contribution in [-0.4, -0.2) is 255 Å². The lowest BCUT2D eigenvalue weighted by Crippen LogP contribution is -2.65. The lowest BCUT2D eigenvalue weighted by molar-refractivity contribution is -0.380. The highest BCUT2D eigenvalue weighted by molar-refractivity contribution is 5.32. The van der Waals surface area contributed by atoms with Crippen molar-refractivity contribution < 1.29 is 120 Å². The Balaban J connectivity index is 0.987. The number of fused-ring (bicyclic) bond motifs is 5. The molecule has 24 heteroatoms. The summed E-state index contributed by atoms with van der Waals surface area (Å²) in [5.74, 6) is 0.223. The first-order chi connectivity index (χ1) is 36.4. The van der Waals surface area contributed by atoms with Crippen LogP contribution in [0.2, 0.25) is 0 Å². The summed E-state index contributed by atoms with van der Waals surface area (Å²) < 4.78 is 47.7. The van der Waals surface area contributed by atoms with Gasteiger partial charge in [-0.15, -0.1) is 0 Å². The number of ether oxygens (including phenoxy) is 8. The number of aliphatic hydroxyl groups excluding tert-OH is 15. The second-order valence-corrected chi connectivity index (χ2v) is 25.9. The van der Waals surface area contributed by atoms with Crippen LogP contribution >= 0.6 is 0 Å². The van der Waals surface area contributed by atoms with E-state index < -0.39 is 184 Å². The summed E-state index contributed by atoms with van der Waals surface area (Å²) in [6.45, 7) is 13.5. The average Bonchev–Trinajstić information content (AvgIpc) is 3.21. The summed E-state index contributed by atoms with van der Waals surface area (Å²) in [5.41, 5.74) is -2.07. The Morgan fingerprint density at radius 3 is 1.63 bits per heavy atom. The third kappa shape index (κ3) is 11.0. The van der Waals surface area contributed by atoms with Gasteiger partial charge in [0.05, 0.1) is 50.3 Å². The molecule has 4 aliphatic carbocycles. The van der Waals surface area contributed by atoms with Crippen LogP contribution in [0.25, 0.3) is 0 Å². The molecule has 4 heterocycles. The third-order valence-electron chi connectivity index (χ3n) is 20.8. The van der Waals surface area contributed by atoms with Gasteiger partial charge in [-0.2, -0.15) is 0 Å². The highest BCUT2D eigenvalue weighted by Crippen LogP contribution is 2.75. The summed E-state index contributed by atoms with van der Waals surface area (Å²) >= 11 is 0. The molecule has 0 aromatic carbocycles. The smallest absolute Gasteiger partial charge is 0.187 e. The van der Waals surface area contributed by atoms with Crippen molar-refractivity contribution in [2.45, 2.75) is 253 Å². The predicted molar refractivity (Wildman–Crippen MR) is 268 cm³/mol. The largest absolute Gasteiger partial charge is 0.394 e. The summed E-state index contributed by atoms with van der Waals surface area (Å²) in [6, 6.07) is 0. The van der Waals surface area contributed by atoms with E-state index in [-0.39, 0.29) is 40.9 Å². The standard InChI is InChI=1S/C54H92O24/c1-22(23-15-16-52(6)30-12-10-24-25(54(30,8)31(58)17-53(23,52)7)11-14-32(50(24,2)3)76-47-43(68)39(64)35(60)27(19-56)73-47)9-13-33(51(4,5)70)77-49-45(78-48-44(69)40(65)36(61)28(20-57)74-48)41(66)37(62)29(75-49)21-71-46-42(67)38(63)34(59)26(18-55)72-46/h10,22-23,25-49,55-70H,9,11-21H2,1-8H3/t22-,23-,25+,26-,27-,28-,29-,30-,31-,32-,33-,34-,35-,36-,37-,38+,39+,40+,41+,42-,43-,44-,45-,46-,47+,48+,49+,52-,53+,54-/m0/s1. The monoisotopic (exact) mass is 1120 g/mol. The van der Waals surface area contributed by atoms with Gasteiger partial charge in [-0.3, -0.25) is 0 Å². The zero-order valence-corrected chi connectivity index (χ0v) is 46.1. The Labute approximate surface area is 455 Å². The molecule has 78 heavy (non-hydrogen) atoms. The molecule has 4 aliphatic heterocycles. The molecule has 8 rings (SSSR count). The van der Waals surface area contributed by atoms with Crippen LogP contribution in [0.1, 0.15) is 107 Å². The molecule has 0 radical (unpaired) electrons. The van der Waals surface area contributed by atoms with E-state index in [1.54, 1.807) is 0 Å². The fourth-order valence-electron chi connectivity index (χ4n) is 15.6. The van der Waals surface area contributed by atoms with Crippen molar-refractivity contribution in [3.63, 3.8) is 0 Å². The van der Waals surface area contributed by atoms with E-state index >= 15 is 0 Å². The van der Waals surface area contributed by atoms with Gasteiger partial charge in [0.25, 0.3) is 0 Å². The van der Waals surface area contributed by atoms with Crippen LogP contribution in [0, 0.1) is 45.3 Å². The average molecular weight is 1130 g/mol. The summed E-state index contributed by atoms with van der Waals surface area (Å²) in [7, 11) is 0. The van der Waals surface area contributed by atoms with Crippen molar-refractivity contribution in [2.24, 2.45) is 45.3 Å². The molecule has 0 amide bonds. The molecule has 24 nitrogen and oxygen atoms in total. The summed E-state index contributed by atoms with van der Waals surface area (Å²) in [5, 5.41) is 172. The maximum absolute atomic E-state index is 12.7. The van der Waals surface area contributed by atoms with Gasteiger partial charge in [-0.05, 0) is 99.7 Å². The Morgan fingerprint density at radius 2 is 1.09 bits per heavy atom. The van der Waals surface area contributed by atoms with E-state index in [0.717, 1.165) is 18.4 Å². The number of rotatable bonds is 17. The fourth-order valence-corrected chi connectivity index (χ4v) is 15.6. The number of aliphatic hydroxyl groups is 16. The molecule has 16 N–H and O–H groups in total. The van der Waals surface area contributed by atoms with Crippen molar-refractivity contribution >= 4 is 0 Å². The first kappa shape index (κ1) is 62.8. The van der Waals surface area contributed by atoms with Crippen LogP contribution in [0.3, 0.4) is 0 Å². The van der Waals surface area contributed by atoms with Gasteiger partial charge in [0.15, 0.2) is 25.2 Å². The minimum atomic E-state index is -1.93. The first-order valence-electron chi connectivity index (χ1n) is 28.0. The van der Waals surface area contributed by atoms with E-state index in [4.69, 9.17) is 37.9 Å². The molecule has 0 unspecified atom stereocenters. The van der Waals surface area contributed by atoms with Crippen molar-refractivity contribution in [2.75, 3.05) is 26.4 Å². The summed E-state index contributed by atoms with van der Waals surface area (Å²) in [6.07, 6.45) is -27.6. The second kappa shape index (κ2) is 23.7. The van der Waals surface area contributed by atoms with Gasteiger partial charge in [0, 0.05) is 10.8 Å². The molecule has 0 spiro atoms. The minimum Gasteiger partial charge on any atom is -0.394 e. The van der Waals surface area contributed by atoms with Crippen LogP contribution in [0.4, 0.5) is 0 Å². The molecule has 0 aromatic heterocycles. The molecule has 7 fully saturated rings. The molecule has 8 aliphatic rings. The van der Waals surface area contributed by atoms with Crippen molar-refractivity contribution in [3.8, 4) is 0 Å². The van der Waals surface area contributed by atoms with Crippen LogP contribution in [-0.2, 0) is 37.9 Å². The van der Waals surface area contributed by atoms with Gasteiger partial charge in [-0.25, -0.2) is 0 Å². The second-order valence-electron chi connectivity index (χ2n) is 25.9. The van der Waals surface area contributed by atoms with Gasteiger partial charge in [0.1, 0.15) is 97.7 Å². The lowest BCUT2D eigenvalue weighted by Gasteiger charge is -2.67. The Bertz CT molecular complexity index is 2020. The molecule has 0 bridgehead atoms. The maximum Gasteiger partial charge on any atom is 0.187 e. The quantitative estimate of drug-likeness (QED) is 0.0637. The highest BCUT2D eigenvalue weighted by Gasteiger charge is 2.70. The van der Waals surface area contributed by atoms with E-state index in [1.807, 2.05) is 0 Å². The minimum absolute atomic E-state index is 0.00555. The molecule has 452 valence electrons. The molecular weight excluding hydrogens is 1030 g/mol. The molecular formula is C54H92O24. The van der Waals surface area contributed by atoms with E-state index in [2.05, 4.69) is 47.6 Å². The van der Waals surface area contributed by atoms with Crippen LogP contribution in [0.15, 0.2) is 11.6 Å². The number of allylic oxidation sites excluding steroid dienone is 1. The van der Waals surface area contributed by atoms with Crippen LogP contribution < -0.4 is 0 Å². The zero-order chi connectivity index (χ0) is 57.5.